The maximum absolute atomic E-state index is 6.06. The van der Waals surface area contributed by atoms with Crippen LogP contribution in [0.3, 0.4) is 0 Å². The van der Waals surface area contributed by atoms with E-state index in [4.69, 9.17) is 23.2 Å². The molecular weight excluding hydrogens is 257 g/mol. The molecule has 1 aromatic carbocycles. The minimum absolute atomic E-state index is 0.603. The second-order valence-electron chi connectivity index (χ2n) is 3.41. The highest BCUT2D eigenvalue weighted by Gasteiger charge is 2.03. The molecule has 1 aromatic heterocycles. The van der Waals surface area contributed by atoms with Crippen LogP contribution in [0.4, 0.5) is 17.3 Å². The van der Waals surface area contributed by atoms with E-state index < -0.39 is 0 Å². The molecule has 5 heteroatoms. The van der Waals surface area contributed by atoms with Crippen LogP contribution >= 0.6 is 23.2 Å². The van der Waals surface area contributed by atoms with Crippen LogP contribution in [0.2, 0.25) is 10.0 Å². The summed E-state index contributed by atoms with van der Waals surface area (Å²) in [4.78, 5) is 4.33. The van der Waals surface area contributed by atoms with E-state index in [1.54, 1.807) is 18.2 Å². The van der Waals surface area contributed by atoms with Gasteiger partial charge >= 0.3 is 0 Å². The van der Waals surface area contributed by atoms with E-state index >= 15 is 0 Å². The fourth-order valence-electron chi connectivity index (χ4n) is 1.37. The van der Waals surface area contributed by atoms with Crippen molar-refractivity contribution < 1.29 is 0 Å². The summed E-state index contributed by atoms with van der Waals surface area (Å²) in [5.41, 5.74) is 0.736. The first-order valence-corrected chi connectivity index (χ1v) is 5.81. The molecule has 2 aromatic rings. The quantitative estimate of drug-likeness (QED) is 0.877. The molecule has 0 saturated carbocycles. The van der Waals surface area contributed by atoms with E-state index in [0.29, 0.717) is 15.9 Å². The second kappa shape index (κ2) is 5.25. The molecule has 0 spiro atoms. The maximum atomic E-state index is 6.06. The smallest absolute Gasteiger partial charge is 0.132 e. The second-order valence-corrected chi connectivity index (χ2v) is 4.25. The first kappa shape index (κ1) is 12.0. The summed E-state index contributed by atoms with van der Waals surface area (Å²) in [5, 5.41) is 7.32. The monoisotopic (exact) mass is 267 g/mol. The third-order valence-electron chi connectivity index (χ3n) is 2.20. The number of hydrogen-bond acceptors (Lipinski definition) is 3. The number of benzene rings is 1. The largest absolute Gasteiger partial charge is 0.373 e. The lowest BCUT2D eigenvalue weighted by Gasteiger charge is -2.09. The Bertz CT molecular complexity index is 529. The van der Waals surface area contributed by atoms with Gasteiger partial charge in [-0.05, 0) is 30.3 Å². The molecule has 0 bridgehead atoms. The number of nitrogens with one attached hydrogen (secondary N) is 2. The Balaban J connectivity index is 2.27. The Morgan fingerprint density at radius 3 is 2.59 bits per heavy atom. The van der Waals surface area contributed by atoms with Crippen molar-refractivity contribution in [2.24, 2.45) is 0 Å². The average Bonchev–Trinajstić information content (AvgIpc) is 2.34. The van der Waals surface area contributed by atoms with Crippen LogP contribution in [0.15, 0.2) is 36.4 Å². The lowest BCUT2D eigenvalue weighted by atomic mass is 10.3. The predicted molar refractivity (Wildman–Crippen MR) is 73.5 cm³/mol. The van der Waals surface area contributed by atoms with Crippen LogP contribution in [0.1, 0.15) is 0 Å². The number of hydrogen-bond donors (Lipinski definition) is 2. The summed E-state index contributed by atoms with van der Waals surface area (Å²) in [6.45, 7) is 0. The van der Waals surface area contributed by atoms with Gasteiger partial charge in [0.1, 0.15) is 11.6 Å². The van der Waals surface area contributed by atoms with Gasteiger partial charge in [-0.1, -0.05) is 29.3 Å². The predicted octanol–water partition coefficient (Wildman–Crippen LogP) is 4.17. The molecule has 0 amide bonds. The summed E-state index contributed by atoms with van der Waals surface area (Å²) in [5.74, 6) is 1.49. The molecule has 0 atom stereocenters. The van der Waals surface area contributed by atoms with Crippen molar-refractivity contribution in [2.45, 2.75) is 0 Å². The lowest BCUT2D eigenvalue weighted by molar-refractivity contribution is 1.28. The highest BCUT2D eigenvalue weighted by Crippen LogP contribution is 2.28. The third kappa shape index (κ3) is 3.02. The number of anilines is 3. The summed E-state index contributed by atoms with van der Waals surface area (Å²) >= 11 is 12.0. The SMILES string of the molecule is CNc1cccc(Nc2cc(Cl)ccc2Cl)n1. The minimum atomic E-state index is 0.603. The average molecular weight is 268 g/mol. The molecule has 2 rings (SSSR count). The van der Waals surface area contributed by atoms with Gasteiger partial charge in [0.05, 0.1) is 10.7 Å². The number of rotatable bonds is 3. The van der Waals surface area contributed by atoms with Gasteiger partial charge in [-0.2, -0.15) is 0 Å². The molecule has 0 aliphatic carbocycles. The molecule has 3 nitrogen and oxygen atoms in total. The van der Waals surface area contributed by atoms with E-state index in [1.165, 1.54) is 0 Å². The van der Waals surface area contributed by atoms with E-state index in [2.05, 4.69) is 15.6 Å². The fraction of sp³-hybridized carbons (Fsp3) is 0.0833. The van der Waals surface area contributed by atoms with E-state index in [1.807, 2.05) is 25.2 Å². The van der Waals surface area contributed by atoms with Crippen molar-refractivity contribution in [3.05, 3.63) is 46.4 Å². The Morgan fingerprint density at radius 2 is 1.82 bits per heavy atom. The number of aromatic nitrogens is 1. The van der Waals surface area contributed by atoms with Crippen molar-refractivity contribution in [1.82, 2.24) is 4.98 Å². The molecule has 0 unspecified atom stereocenters. The zero-order valence-corrected chi connectivity index (χ0v) is 10.7. The highest BCUT2D eigenvalue weighted by molar-refractivity contribution is 6.35. The summed E-state index contributed by atoms with van der Waals surface area (Å²) < 4.78 is 0. The van der Waals surface area contributed by atoms with Crippen molar-refractivity contribution in [3.63, 3.8) is 0 Å². The first-order valence-electron chi connectivity index (χ1n) is 5.06. The minimum Gasteiger partial charge on any atom is -0.373 e. The van der Waals surface area contributed by atoms with Gasteiger partial charge in [-0.25, -0.2) is 4.98 Å². The van der Waals surface area contributed by atoms with Crippen molar-refractivity contribution >= 4 is 40.5 Å². The van der Waals surface area contributed by atoms with Gasteiger partial charge in [0.25, 0.3) is 0 Å². The van der Waals surface area contributed by atoms with Gasteiger partial charge < -0.3 is 10.6 Å². The van der Waals surface area contributed by atoms with Gasteiger partial charge in [-0.15, -0.1) is 0 Å². The molecule has 2 N–H and O–H groups in total. The van der Waals surface area contributed by atoms with Crippen LogP contribution in [0.5, 0.6) is 0 Å². The molecule has 88 valence electrons. The van der Waals surface area contributed by atoms with Gasteiger partial charge in [0, 0.05) is 12.1 Å². The third-order valence-corrected chi connectivity index (χ3v) is 2.76. The zero-order valence-electron chi connectivity index (χ0n) is 9.17. The highest BCUT2D eigenvalue weighted by atomic mass is 35.5. The van der Waals surface area contributed by atoms with E-state index in [9.17, 15) is 0 Å². The molecule has 0 aliphatic heterocycles. The van der Waals surface area contributed by atoms with Crippen molar-refractivity contribution in [1.29, 1.82) is 0 Å². The van der Waals surface area contributed by atoms with E-state index in [0.717, 1.165) is 11.5 Å². The Kier molecular flexibility index (Phi) is 3.71. The molecule has 0 saturated heterocycles. The van der Waals surface area contributed by atoms with Crippen LogP contribution in [0.25, 0.3) is 0 Å². The molecule has 0 aliphatic rings. The Morgan fingerprint density at radius 1 is 1.06 bits per heavy atom. The van der Waals surface area contributed by atoms with Crippen LogP contribution in [-0.2, 0) is 0 Å². The summed E-state index contributed by atoms with van der Waals surface area (Å²) in [6, 6.07) is 10.9. The number of nitrogens with zero attached hydrogens (tertiary/aromatic N) is 1. The van der Waals surface area contributed by atoms with Crippen molar-refractivity contribution in [2.75, 3.05) is 17.7 Å². The Labute approximate surface area is 110 Å². The molecule has 17 heavy (non-hydrogen) atoms. The molecule has 0 fully saturated rings. The Hall–Kier alpha value is -1.45. The summed E-state index contributed by atoms with van der Waals surface area (Å²) in [6.07, 6.45) is 0. The maximum Gasteiger partial charge on any atom is 0.132 e. The topological polar surface area (TPSA) is 37.0 Å². The van der Waals surface area contributed by atoms with Crippen molar-refractivity contribution in [3.8, 4) is 0 Å². The normalized spacial score (nSPS) is 10.1. The van der Waals surface area contributed by atoms with E-state index in [-0.39, 0.29) is 0 Å². The number of halogens is 2. The summed E-state index contributed by atoms with van der Waals surface area (Å²) in [7, 11) is 1.82. The van der Waals surface area contributed by atoms with Crippen LogP contribution < -0.4 is 10.6 Å². The number of pyridine rings is 1. The standard InChI is InChI=1S/C12H11Cl2N3/c1-15-11-3-2-4-12(17-11)16-10-7-8(13)5-6-9(10)14/h2-7H,1H3,(H2,15,16,17). The molecule has 0 radical (unpaired) electrons. The molecular formula is C12H11Cl2N3. The zero-order chi connectivity index (χ0) is 12.3. The van der Waals surface area contributed by atoms with Gasteiger partial charge in [-0.3, -0.25) is 0 Å². The van der Waals surface area contributed by atoms with Gasteiger partial charge in [0.2, 0.25) is 0 Å². The van der Waals surface area contributed by atoms with Gasteiger partial charge in [0.15, 0.2) is 0 Å². The van der Waals surface area contributed by atoms with Crippen LogP contribution in [-0.4, -0.2) is 12.0 Å². The fourth-order valence-corrected chi connectivity index (χ4v) is 1.71. The first-order chi connectivity index (χ1) is 8.19. The van der Waals surface area contributed by atoms with Crippen LogP contribution in [0, 0.1) is 0 Å². The lowest BCUT2D eigenvalue weighted by Crippen LogP contribution is -1.97. The molecule has 1 heterocycles.